The molecule has 0 spiro atoms. The number of methoxy groups -OCH3 is 1. The van der Waals surface area contributed by atoms with Crippen LogP contribution in [0.4, 0.5) is 11.5 Å². The molecule has 5 aromatic rings. The Balaban J connectivity index is 1.49. The highest BCUT2D eigenvalue weighted by Gasteiger charge is 2.18. The molecule has 0 aliphatic heterocycles. The smallest absolute Gasteiger partial charge is 0.226 e. The summed E-state index contributed by atoms with van der Waals surface area (Å²) in [5.41, 5.74) is 2.48. The normalized spacial score (nSPS) is 10.8. The summed E-state index contributed by atoms with van der Waals surface area (Å²) in [6.07, 6.45) is 1.93. The molecule has 0 saturated heterocycles. The van der Waals surface area contributed by atoms with Crippen LogP contribution < -0.4 is 15.0 Å². The summed E-state index contributed by atoms with van der Waals surface area (Å²) in [5.74, 6) is 2.83. The third-order valence-corrected chi connectivity index (χ3v) is 5.82. The lowest BCUT2D eigenvalue weighted by atomic mass is 10.1. The Hall–Kier alpha value is -4.65. The molecule has 0 radical (unpaired) electrons. The van der Waals surface area contributed by atoms with Gasteiger partial charge in [0.2, 0.25) is 5.91 Å². The van der Waals surface area contributed by atoms with Crippen molar-refractivity contribution in [2.45, 2.75) is 13.0 Å². The fourth-order valence-electron chi connectivity index (χ4n) is 4.00. The predicted octanol–water partition coefficient (Wildman–Crippen LogP) is 5.93. The highest BCUT2D eigenvalue weighted by molar-refractivity contribution is 5.93. The minimum absolute atomic E-state index is 0.0700. The molecule has 180 valence electrons. The third kappa shape index (κ3) is 5.36. The highest BCUT2D eigenvalue weighted by Crippen LogP contribution is 2.29. The summed E-state index contributed by atoms with van der Waals surface area (Å²) in [6.45, 7) is 0.914. The topological polar surface area (TPSA) is 80.5 Å². The number of para-hydroxylation sites is 2. The van der Waals surface area contributed by atoms with Crippen LogP contribution in [0.1, 0.15) is 12.2 Å². The Bertz CT molecular complexity index is 1440. The number of ether oxygens (including phenoxy) is 1. The average Bonchev–Trinajstić information content (AvgIpc) is 3.44. The van der Waals surface area contributed by atoms with Gasteiger partial charge in [-0.1, -0.05) is 30.3 Å². The zero-order valence-corrected chi connectivity index (χ0v) is 19.9. The van der Waals surface area contributed by atoms with E-state index in [-0.39, 0.29) is 12.3 Å². The van der Waals surface area contributed by atoms with Gasteiger partial charge in [0.15, 0.2) is 5.82 Å². The Morgan fingerprint density at radius 2 is 1.69 bits per heavy atom. The molecule has 0 unspecified atom stereocenters. The van der Waals surface area contributed by atoms with Crippen LogP contribution in [-0.4, -0.2) is 29.5 Å². The summed E-state index contributed by atoms with van der Waals surface area (Å²) >= 11 is 0. The summed E-state index contributed by atoms with van der Waals surface area (Å²) in [6, 6.07) is 28.8. The van der Waals surface area contributed by atoms with Crippen LogP contribution in [0.5, 0.6) is 5.75 Å². The van der Waals surface area contributed by atoms with E-state index in [0.29, 0.717) is 18.9 Å². The number of rotatable bonds is 9. The first kappa shape index (κ1) is 23.1. The maximum absolute atomic E-state index is 12.8. The molecule has 2 heterocycles. The van der Waals surface area contributed by atoms with E-state index in [1.54, 1.807) is 13.4 Å². The molecule has 5 rings (SSSR count). The van der Waals surface area contributed by atoms with Crippen LogP contribution in [-0.2, 0) is 11.3 Å². The second kappa shape index (κ2) is 10.7. The number of aromatic nitrogens is 2. The van der Waals surface area contributed by atoms with Gasteiger partial charge < -0.3 is 19.4 Å². The van der Waals surface area contributed by atoms with E-state index in [9.17, 15) is 4.79 Å². The standard InChI is InChI=1S/C29H26N4O3/c1-35-23-15-13-21(14-16-23)28-31-26-12-6-5-11-25(26)29(32-28)33(20-24-10-7-19-36-24)18-17-27(34)30-22-8-3-2-4-9-22/h2-16,19H,17-18,20H2,1H3,(H,30,34). The van der Waals surface area contributed by atoms with Crippen LogP contribution in [0, 0.1) is 0 Å². The van der Waals surface area contributed by atoms with Gasteiger partial charge >= 0.3 is 0 Å². The van der Waals surface area contributed by atoms with Crippen LogP contribution in [0.25, 0.3) is 22.3 Å². The van der Waals surface area contributed by atoms with Crippen LogP contribution >= 0.6 is 0 Å². The van der Waals surface area contributed by atoms with Crippen molar-refractivity contribution in [3.05, 3.63) is 103 Å². The SMILES string of the molecule is COc1ccc(-c2nc(N(CCC(=O)Nc3ccccc3)Cc3ccco3)c3ccccc3n2)cc1. The number of nitrogens with zero attached hydrogens (tertiary/aromatic N) is 3. The summed E-state index contributed by atoms with van der Waals surface area (Å²) < 4.78 is 10.9. The Morgan fingerprint density at radius 1 is 0.917 bits per heavy atom. The van der Waals surface area contributed by atoms with Crippen LogP contribution in [0.2, 0.25) is 0 Å². The van der Waals surface area contributed by atoms with Crippen LogP contribution in [0.3, 0.4) is 0 Å². The number of amides is 1. The molecule has 0 saturated carbocycles. The summed E-state index contributed by atoms with van der Waals surface area (Å²) in [5, 5.41) is 3.87. The molecule has 7 heteroatoms. The second-order valence-electron chi connectivity index (χ2n) is 8.28. The van der Waals surface area contributed by atoms with Gasteiger partial charge in [-0.3, -0.25) is 4.79 Å². The molecule has 3 aromatic carbocycles. The lowest BCUT2D eigenvalue weighted by molar-refractivity contribution is -0.116. The molecule has 0 bridgehead atoms. The fourth-order valence-corrected chi connectivity index (χ4v) is 4.00. The van der Waals surface area contributed by atoms with E-state index >= 15 is 0 Å². The largest absolute Gasteiger partial charge is 0.497 e. The molecule has 0 fully saturated rings. The summed E-state index contributed by atoms with van der Waals surface area (Å²) in [7, 11) is 1.64. The van der Waals surface area contributed by atoms with Gasteiger partial charge in [0.25, 0.3) is 0 Å². The van der Waals surface area contributed by atoms with E-state index < -0.39 is 0 Å². The molecular weight excluding hydrogens is 452 g/mol. The minimum atomic E-state index is -0.0700. The van der Waals surface area contributed by atoms with E-state index in [0.717, 1.165) is 39.5 Å². The number of fused-ring (bicyclic) bond motifs is 1. The molecule has 36 heavy (non-hydrogen) atoms. The number of hydrogen-bond acceptors (Lipinski definition) is 6. The Morgan fingerprint density at radius 3 is 2.44 bits per heavy atom. The van der Waals surface area contributed by atoms with Gasteiger partial charge in [-0.05, 0) is 60.7 Å². The predicted molar refractivity (Wildman–Crippen MR) is 141 cm³/mol. The fraction of sp³-hybridized carbons (Fsp3) is 0.138. The van der Waals surface area contributed by atoms with Crippen molar-refractivity contribution in [2.75, 3.05) is 23.9 Å². The number of nitrogens with one attached hydrogen (secondary N) is 1. The number of anilines is 2. The van der Waals surface area contributed by atoms with E-state index in [2.05, 4.69) is 10.2 Å². The van der Waals surface area contributed by atoms with Crippen molar-refractivity contribution in [3.63, 3.8) is 0 Å². The lowest BCUT2D eigenvalue weighted by Crippen LogP contribution is -2.28. The third-order valence-electron chi connectivity index (χ3n) is 5.82. The van der Waals surface area contributed by atoms with Crippen molar-refractivity contribution in [1.29, 1.82) is 0 Å². The lowest BCUT2D eigenvalue weighted by Gasteiger charge is -2.24. The molecule has 7 nitrogen and oxygen atoms in total. The van der Waals surface area contributed by atoms with Gasteiger partial charge in [-0.25, -0.2) is 9.97 Å². The quantitative estimate of drug-likeness (QED) is 0.283. The van der Waals surface area contributed by atoms with Gasteiger partial charge in [-0.15, -0.1) is 0 Å². The molecular formula is C29H26N4O3. The van der Waals surface area contributed by atoms with Crippen LogP contribution in [0.15, 0.2) is 102 Å². The van der Waals surface area contributed by atoms with Crippen molar-refractivity contribution in [2.24, 2.45) is 0 Å². The number of benzene rings is 3. The number of carbonyl (C=O) groups excluding carboxylic acids is 1. The van der Waals surface area contributed by atoms with Gasteiger partial charge in [0.1, 0.15) is 17.3 Å². The molecule has 1 N–H and O–H groups in total. The molecule has 0 aliphatic carbocycles. The number of carbonyl (C=O) groups is 1. The van der Waals surface area contributed by atoms with Crippen molar-refractivity contribution < 1.29 is 13.9 Å². The first-order valence-electron chi connectivity index (χ1n) is 11.7. The number of hydrogen-bond donors (Lipinski definition) is 1. The number of furan rings is 1. The van der Waals surface area contributed by atoms with Gasteiger partial charge in [-0.2, -0.15) is 0 Å². The first-order valence-corrected chi connectivity index (χ1v) is 11.7. The summed E-state index contributed by atoms with van der Waals surface area (Å²) in [4.78, 5) is 24.6. The zero-order chi connectivity index (χ0) is 24.7. The Kier molecular flexibility index (Phi) is 6.89. The van der Waals surface area contributed by atoms with Crippen molar-refractivity contribution in [3.8, 4) is 17.1 Å². The van der Waals surface area contributed by atoms with E-state index in [4.69, 9.17) is 19.1 Å². The van der Waals surface area contributed by atoms with Gasteiger partial charge in [0.05, 0.1) is 25.4 Å². The van der Waals surface area contributed by atoms with E-state index in [1.165, 1.54) is 0 Å². The molecule has 0 atom stereocenters. The molecule has 1 amide bonds. The monoisotopic (exact) mass is 478 g/mol. The maximum atomic E-state index is 12.8. The first-order chi connectivity index (χ1) is 17.7. The molecule has 0 aliphatic rings. The van der Waals surface area contributed by atoms with Gasteiger partial charge in [0, 0.05) is 29.6 Å². The van der Waals surface area contributed by atoms with Crippen molar-refractivity contribution >= 4 is 28.3 Å². The minimum Gasteiger partial charge on any atom is -0.497 e. The van der Waals surface area contributed by atoms with E-state index in [1.807, 2.05) is 91.0 Å². The highest BCUT2D eigenvalue weighted by atomic mass is 16.5. The molecule has 2 aromatic heterocycles. The van der Waals surface area contributed by atoms with Crippen molar-refractivity contribution in [1.82, 2.24) is 9.97 Å². The zero-order valence-electron chi connectivity index (χ0n) is 19.9. The Labute approximate surface area is 209 Å². The average molecular weight is 479 g/mol. The second-order valence-corrected chi connectivity index (χ2v) is 8.28. The maximum Gasteiger partial charge on any atom is 0.226 e.